The minimum atomic E-state index is -0.809. The van der Waals surface area contributed by atoms with Crippen LogP contribution in [-0.4, -0.2) is 61.8 Å². The number of ketones is 1. The maximum absolute atomic E-state index is 13.1. The van der Waals surface area contributed by atoms with E-state index in [2.05, 4.69) is 0 Å². The van der Waals surface area contributed by atoms with Gasteiger partial charge < -0.3 is 29.0 Å². The number of likely N-dealkylation sites (tertiary alicyclic amines) is 1. The Kier molecular flexibility index (Phi) is 9.14. The first-order chi connectivity index (χ1) is 17.0. The Hall–Kier alpha value is -3.52. The molecular formula is C27H33NO7. The van der Waals surface area contributed by atoms with Crippen molar-refractivity contribution >= 4 is 17.4 Å². The second-order valence-corrected chi connectivity index (χ2v) is 7.93. The lowest BCUT2D eigenvalue weighted by Crippen LogP contribution is -2.32. The molecule has 1 saturated heterocycles. The molecule has 0 radical (unpaired) electrons. The van der Waals surface area contributed by atoms with Gasteiger partial charge in [0.15, 0.2) is 11.5 Å². The smallest absolute Gasteiger partial charge is 0.295 e. The number of carbonyl (C=O) groups excluding carboxylic acids is 2. The molecule has 8 nitrogen and oxygen atoms in total. The van der Waals surface area contributed by atoms with Gasteiger partial charge in [0.2, 0.25) is 0 Å². The fourth-order valence-corrected chi connectivity index (χ4v) is 3.97. The van der Waals surface area contributed by atoms with E-state index in [1.165, 1.54) is 12.0 Å². The van der Waals surface area contributed by atoms with E-state index in [0.717, 1.165) is 6.42 Å². The van der Waals surface area contributed by atoms with E-state index in [4.69, 9.17) is 18.9 Å². The minimum absolute atomic E-state index is 0.0138. The number of carbonyl (C=O) groups is 2. The van der Waals surface area contributed by atoms with Crippen LogP contribution in [0.5, 0.6) is 17.2 Å². The van der Waals surface area contributed by atoms with Gasteiger partial charge in [-0.15, -0.1) is 0 Å². The maximum Gasteiger partial charge on any atom is 0.295 e. The average molecular weight is 484 g/mol. The molecule has 2 aromatic carbocycles. The number of hydrogen-bond acceptors (Lipinski definition) is 7. The number of benzene rings is 2. The van der Waals surface area contributed by atoms with Gasteiger partial charge in [-0.25, -0.2) is 0 Å². The van der Waals surface area contributed by atoms with Crippen LogP contribution in [0.1, 0.15) is 44.4 Å². The first-order valence-electron chi connectivity index (χ1n) is 11.9. The molecule has 0 aliphatic carbocycles. The van der Waals surface area contributed by atoms with Gasteiger partial charge in [-0.2, -0.15) is 0 Å². The van der Waals surface area contributed by atoms with E-state index < -0.39 is 17.7 Å². The van der Waals surface area contributed by atoms with E-state index in [0.29, 0.717) is 48.2 Å². The zero-order chi connectivity index (χ0) is 25.4. The third-order valence-electron chi connectivity index (χ3n) is 5.56. The molecule has 1 heterocycles. The molecule has 188 valence electrons. The fourth-order valence-electron chi connectivity index (χ4n) is 3.97. The second-order valence-electron chi connectivity index (χ2n) is 7.93. The van der Waals surface area contributed by atoms with Gasteiger partial charge in [-0.1, -0.05) is 13.0 Å². The Labute approximate surface area is 206 Å². The molecule has 1 aliphatic rings. The van der Waals surface area contributed by atoms with E-state index in [-0.39, 0.29) is 24.5 Å². The first kappa shape index (κ1) is 26.1. The molecule has 8 heteroatoms. The Bertz CT molecular complexity index is 1060. The van der Waals surface area contributed by atoms with Crippen LogP contribution in [0.15, 0.2) is 48.0 Å². The van der Waals surface area contributed by atoms with Crippen molar-refractivity contribution in [3.8, 4) is 17.2 Å². The van der Waals surface area contributed by atoms with Crippen molar-refractivity contribution in [1.29, 1.82) is 0 Å². The lowest BCUT2D eigenvalue weighted by Gasteiger charge is -2.26. The molecule has 0 aromatic heterocycles. The minimum Gasteiger partial charge on any atom is -0.507 e. The lowest BCUT2D eigenvalue weighted by molar-refractivity contribution is -0.140. The van der Waals surface area contributed by atoms with Crippen molar-refractivity contribution in [2.45, 2.75) is 33.2 Å². The summed E-state index contributed by atoms with van der Waals surface area (Å²) in [5, 5.41) is 11.2. The number of nitrogens with zero attached hydrogens (tertiary/aromatic N) is 1. The molecule has 0 saturated carbocycles. The summed E-state index contributed by atoms with van der Waals surface area (Å²) in [4.78, 5) is 27.5. The molecule has 1 N–H and O–H groups in total. The van der Waals surface area contributed by atoms with Crippen molar-refractivity contribution in [2.24, 2.45) is 0 Å². The van der Waals surface area contributed by atoms with Crippen molar-refractivity contribution < 1.29 is 33.6 Å². The topological polar surface area (TPSA) is 94.5 Å². The van der Waals surface area contributed by atoms with Gasteiger partial charge in [-0.3, -0.25) is 9.59 Å². The number of aliphatic hydroxyl groups is 1. The largest absolute Gasteiger partial charge is 0.507 e. The number of methoxy groups -OCH3 is 1. The Balaban J connectivity index is 2.10. The van der Waals surface area contributed by atoms with Crippen LogP contribution in [0.3, 0.4) is 0 Å². The zero-order valence-corrected chi connectivity index (χ0v) is 20.7. The molecule has 2 aromatic rings. The summed E-state index contributed by atoms with van der Waals surface area (Å²) in [7, 11) is 1.53. The predicted octanol–water partition coefficient (Wildman–Crippen LogP) is 4.34. The molecule has 1 fully saturated rings. The fraction of sp³-hybridized carbons (Fsp3) is 0.407. The average Bonchev–Trinajstić information content (AvgIpc) is 3.12. The molecule has 1 aliphatic heterocycles. The van der Waals surface area contributed by atoms with Gasteiger partial charge in [0.25, 0.3) is 11.7 Å². The van der Waals surface area contributed by atoms with Gasteiger partial charge in [0.05, 0.1) is 38.0 Å². The summed E-state index contributed by atoms with van der Waals surface area (Å²) in [6, 6.07) is 11.3. The number of Topliss-reactive ketones (excluding diaryl/α,β-unsaturated/α-hetero) is 1. The molecule has 0 bridgehead atoms. The summed E-state index contributed by atoms with van der Waals surface area (Å²) in [6.07, 6.45) is 0.873. The van der Waals surface area contributed by atoms with Crippen molar-refractivity contribution in [3.05, 3.63) is 59.2 Å². The summed E-state index contributed by atoms with van der Waals surface area (Å²) in [5.74, 6) is 0.0387. The van der Waals surface area contributed by atoms with E-state index in [9.17, 15) is 14.7 Å². The van der Waals surface area contributed by atoms with Gasteiger partial charge in [-0.05, 0) is 62.2 Å². The first-order valence-corrected chi connectivity index (χ1v) is 11.9. The molecule has 35 heavy (non-hydrogen) atoms. The SMILES string of the molecule is CCCOc1ccc(C(O)=C2C(=O)C(=O)N(CCOC)C2c2ccc(OCC)c(OCC)c2)cc1. The number of amides is 1. The summed E-state index contributed by atoms with van der Waals surface area (Å²) >= 11 is 0. The number of rotatable bonds is 12. The Morgan fingerprint density at radius 2 is 1.60 bits per heavy atom. The Morgan fingerprint density at radius 1 is 0.914 bits per heavy atom. The quantitative estimate of drug-likeness (QED) is 0.273. The predicted molar refractivity (Wildman–Crippen MR) is 132 cm³/mol. The molecule has 1 unspecified atom stereocenters. The van der Waals surface area contributed by atoms with Gasteiger partial charge >= 0.3 is 0 Å². The van der Waals surface area contributed by atoms with Crippen molar-refractivity contribution in [3.63, 3.8) is 0 Å². The molecule has 1 atom stereocenters. The number of hydrogen-bond donors (Lipinski definition) is 1. The summed E-state index contributed by atoms with van der Waals surface area (Å²) in [5.41, 5.74) is 1.05. The normalized spacial score (nSPS) is 17.0. The highest BCUT2D eigenvalue weighted by Crippen LogP contribution is 2.42. The van der Waals surface area contributed by atoms with E-state index in [1.54, 1.807) is 42.5 Å². The maximum atomic E-state index is 13.1. The number of ether oxygens (including phenoxy) is 4. The van der Waals surface area contributed by atoms with E-state index in [1.807, 2.05) is 20.8 Å². The lowest BCUT2D eigenvalue weighted by atomic mass is 9.95. The summed E-state index contributed by atoms with van der Waals surface area (Å²) in [6.45, 7) is 7.63. The Morgan fingerprint density at radius 3 is 2.23 bits per heavy atom. The highest BCUT2D eigenvalue weighted by atomic mass is 16.5. The van der Waals surface area contributed by atoms with Crippen LogP contribution < -0.4 is 14.2 Å². The van der Waals surface area contributed by atoms with Crippen LogP contribution in [0, 0.1) is 0 Å². The highest BCUT2D eigenvalue weighted by Gasteiger charge is 2.46. The molecule has 3 rings (SSSR count). The van der Waals surface area contributed by atoms with Crippen molar-refractivity contribution in [1.82, 2.24) is 4.90 Å². The molecule has 0 spiro atoms. The standard InChI is InChI=1S/C27H33NO7/c1-5-15-35-20-11-8-18(9-12-20)25(29)23-24(28(14-16-32-4)27(31)26(23)30)19-10-13-21(33-6-2)22(17-19)34-7-3/h8-13,17,24,29H,5-7,14-16H2,1-4H3. The third kappa shape index (κ3) is 5.77. The van der Waals surface area contributed by atoms with Crippen molar-refractivity contribution in [2.75, 3.05) is 40.1 Å². The third-order valence-corrected chi connectivity index (χ3v) is 5.56. The summed E-state index contributed by atoms with van der Waals surface area (Å²) < 4.78 is 22.2. The van der Waals surface area contributed by atoms with Gasteiger partial charge in [0.1, 0.15) is 11.5 Å². The number of aliphatic hydroxyl groups excluding tert-OH is 1. The molecular weight excluding hydrogens is 450 g/mol. The van der Waals surface area contributed by atoms with Crippen LogP contribution in [-0.2, 0) is 14.3 Å². The van der Waals surface area contributed by atoms with Crippen LogP contribution in [0.2, 0.25) is 0 Å². The molecule has 1 amide bonds. The van der Waals surface area contributed by atoms with Gasteiger partial charge in [0, 0.05) is 19.2 Å². The highest BCUT2D eigenvalue weighted by molar-refractivity contribution is 6.46. The second kappa shape index (κ2) is 12.3. The van der Waals surface area contributed by atoms with Crippen LogP contribution in [0.4, 0.5) is 0 Å². The van der Waals surface area contributed by atoms with E-state index >= 15 is 0 Å². The van der Waals surface area contributed by atoms with Crippen LogP contribution >= 0.6 is 0 Å². The monoisotopic (exact) mass is 483 g/mol. The van der Waals surface area contributed by atoms with Crippen LogP contribution in [0.25, 0.3) is 5.76 Å². The zero-order valence-electron chi connectivity index (χ0n) is 20.7.